The Labute approximate surface area is 79.3 Å². The Morgan fingerprint density at radius 2 is 2.00 bits per heavy atom. The maximum Gasteiger partial charge on any atom is 0.251 e. The summed E-state index contributed by atoms with van der Waals surface area (Å²) in [7, 11) is 1.74. The molecule has 0 heterocycles. The van der Waals surface area contributed by atoms with Crippen molar-refractivity contribution in [3.63, 3.8) is 0 Å². The Hall–Kier alpha value is -0.220. The molecule has 0 aromatic carbocycles. The van der Waals surface area contributed by atoms with Gasteiger partial charge in [0.1, 0.15) is 0 Å². The van der Waals surface area contributed by atoms with Crippen molar-refractivity contribution in [1.82, 2.24) is 10.2 Å². The van der Waals surface area contributed by atoms with Crippen LogP contribution in [0.15, 0.2) is 0 Å². The molecule has 0 amide bonds. The first-order chi connectivity index (χ1) is 6.07. The number of nitrogens with one attached hydrogen (secondary N) is 1. The van der Waals surface area contributed by atoms with Gasteiger partial charge >= 0.3 is 0 Å². The molecule has 0 saturated heterocycles. The zero-order valence-electron chi connectivity index (χ0n) is 8.69. The quantitative estimate of drug-likeness (QED) is 0.619. The molecule has 0 bridgehead atoms. The van der Waals surface area contributed by atoms with E-state index in [1.807, 2.05) is 13.8 Å². The number of rotatable bonds is 7. The summed E-state index contributed by atoms with van der Waals surface area (Å²) in [5, 5.41) is 3.17. The summed E-state index contributed by atoms with van der Waals surface area (Å²) in [5.41, 5.74) is 0. The fourth-order valence-electron chi connectivity index (χ4n) is 1.11. The van der Waals surface area contributed by atoms with E-state index in [2.05, 4.69) is 5.32 Å². The van der Waals surface area contributed by atoms with Crippen LogP contribution >= 0.6 is 0 Å². The van der Waals surface area contributed by atoms with Gasteiger partial charge in [-0.25, -0.2) is 8.78 Å². The summed E-state index contributed by atoms with van der Waals surface area (Å²) in [4.78, 5) is 1.70. The van der Waals surface area contributed by atoms with Gasteiger partial charge in [-0.05, 0) is 33.5 Å². The van der Waals surface area contributed by atoms with E-state index >= 15 is 0 Å². The van der Waals surface area contributed by atoms with Crippen LogP contribution in [0.4, 0.5) is 8.78 Å². The smallest absolute Gasteiger partial charge is 0.251 e. The molecule has 0 radical (unpaired) electrons. The molecule has 0 aliphatic carbocycles. The number of hydrogen-bond donors (Lipinski definition) is 1. The van der Waals surface area contributed by atoms with Crippen LogP contribution in [-0.4, -0.2) is 44.0 Å². The van der Waals surface area contributed by atoms with E-state index < -0.39 is 6.43 Å². The van der Waals surface area contributed by atoms with Crippen molar-refractivity contribution in [2.24, 2.45) is 0 Å². The third kappa shape index (κ3) is 6.90. The molecule has 0 rings (SSSR count). The zero-order valence-corrected chi connectivity index (χ0v) is 8.69. The number of nitrogens with zero attached hydrogens (tertiary/aromatic N) is 1. The Bertz CT molecular complexity index is 120. The standard InChI is InChI=1S/C9H20F2N2/c1-4-12-6-5-8(2)13(3)7-9(10)11/h8-9,12H,4-7H2,1-3H3. The lowest BCUT2D eigenvalue weighted by Crippen LogP contribution is -2.35. The third-order valence-corrected chi connectivity index (χ3v) is 2.17. The highest BCUT2D eigenvalue weighted by Gasteiger charge is 2.13. The van der Waals surface area contributed by atoms with Crippen LogP contribution in [-0.2, 0) is 0 Å². The van der Waals surface area contributed by atoms with Crippen molar-refractivity contribution in [2.75, 3.05) is 26.7 Å². The van der Waals surface area contributed by atoms with Gasteiger partial charge in [0.05, 0.1) is 6.54 Å². The topological polar surface area (TPSA) is 15.3 Å². The van der Waals surface area contributed by atoms with Crippen molar-refractivity contribution in [2.45, 2.75) is 32.7 Å². The zero-order chi connectivity index (χ0) is 10.3. The highest BCUT2D eigenvalue weighted by molar-refractivity contribution is 4.65. The van der Waals surface area contributed by atoms with Gasteiger partial charge in [0.15, 0.2) is 0 Å². The highest BCUT2D eigenvalue weighted by Crippen LogP contribution is 2.03. The van der Waals surface area contributed by atoms with Gasteiger partial charge in [0.2, 0.25) is 0 Å². The summed E-state index contributed by atoms with van der Waals surface area (Å²) in [6.45, 7) is 5.71. The molecule has 0 aromatic heterocycles. The second-order valence-electron chi connectivity index (χ2n) is 3.32. The van der Waals surface area contributed by atoms with Gasteiger partial charge in [-0.15, -0.1) is 0 Å². The van der Waals surface area contributed by atoms with Crippen LogP contribution in [0.2, 0.25) is 0 Å². The number of hydrogen-bond acceptors (Lipinski definition) is 2. The Morgan fingerprint density at radius 3 is 2.46 bits per heavy atom. The monoisotopic (exact) mass is 194 g/mol. The maximum atomic E-state index is 12.0. The van der Waals surface area contributed by atoms with Crippen molar-refractivity contribution in [3.8, 4) is 0 Å². The largest absolute Gasteiger partial charge is 0.317 e. The van der Waals surface area contributed by atoms with E-state index in [0.29, 0.717) is 0 Å². The van der Waals surface area contributed by atoms with E-state index in [1.54, 1.807) is 11.9 Å². The number of alkyl halides is 2. The molecule has 0 aliphatic rings. The molecule has 4 heteroatoms. The fraction of sp³-hybridized carbons (Fsp3) is 1.00. The third-order valence-electron chi connectivity index (χ3n) is 2.17. The molecule has 0 saturated carbocycles. The first kappa shape index (κ1) is 12.8. The van der Waals surface area contributed by atoms with E-state index in [4.69, 9.17) is 0 Å². The van der Waals surface area contributed by atoms with E-state index in [-0.39, 0.29) is 12.6 Å². The van der Waals surface area contributed by atoms with Crippen molar-refractivity contribution in [3.05, 3.63) is 0 Å². The normalized spacial score (nSPS) is 14.1. The molecule has 13 heavy (non-hydrogen) atoms. The fourth-order valence-corrected chi connectivity index (χ4v) is 1.11. The molecule has 0 fully saturated rings. The van der Waals surface area contributed by atoms with Crippen molar-refractivity contribution in [1.29, 1.82) is 0 Å². The molecular weight excluding hydrogens is 174 g/mol. The molecule has 0 aliphatic heterocycles. The first-order valence-electron chi connectivity index (χ1n) is 4.77. The molecule has 0 spiro atoms. The van der Waals surface area contributed by atoms with Gasteiger partial charge in [0.25, 0.3) is 6.43 Å². The lowest BCUT2D eigenvalue weighted by atomic mass is 10.2. The summed E-state index contributed by atoms with van der Waals surface area (Å²) in [6.07, 6.45) is -1.32. The van der Waals surface area contributed by atoms with Crippen LogP contribution in [0.5, 0.6) is 0 Å². The van der Waals surface area contributed by atoms with E-state index in [0.717, 1.165) is 19.5 Å². The second kappa shape index (κ2) is 7.21. The molecule has 1 N–H and O–H groups in total. The van der Waals surface area contributed by atoms with E-state index in [9.17, 15) is 8.78 Å². The van der Waals surface area contributed by atoms with Crippen LogP contribution in [0.3, 0.4) is 0 Å². The average molecular weight is 194 g/mol. The Balaban J connectivity index is 3.50. The maximum absolute atomic E-state index is 12.0. The minimum atomic E-state index is -2.23. The van der Waals surface area contributed by atoms with Crippen LogP contribution in [0.25, 0.3) is 0 Å². The van der Waals surface area contributed by atoms with Crippen molar-refractivity contribution >= 4 is 0 Å². The highest BCUT2D eigenvalue weighted by atomic mass is 19.3. The SMILES string of the molecule is CCNCCC(C)N(C)CC(F)F. The van der Waals surface area contributed by atoms with E-state index in [1.165, 1.54) is 0 Å². The van der Waals surface area contributed by atoms with Crippen LogP contribution in [0, 0.1) is 0 Å². The van der Waals surface area contributed by atoms with Crippen LogP contribution in [0.1, 0.15) is 20.3 Å². The minimum Gasteiger partial charge on any atom is -0.317 e. The van der Waals surface area contributed by atoms with Gasteiger partial charge in [0, 0.05) is 6.04 Å². The van der Waals surface area contributed by atoms with Crippen molar-refractivity contribution < 1.29 is 8.78 Å². The van der Waals surface area contributed by atoms with Gasteiger partial charge < -0.3 is 5.32 Å². The Morgan fingerprint density at radius 1 is 1.38 bits per heavy atom. The molecule has 80 valence electrons. The predicted octanol–water partition coefficient (Wildman–Crippen LogP) is 1.57. The molecule has 0 aromatic rings. The molecule has 1 unspecified atom stereocenters. The first-order valence-corrected chi connectivity index (χ1v) is 4.77. The predicted molar refractivity (Wildman–Crippen MR) is 51.3 cm³/mol. The summed E-state index contributed by atoms with van der Waals surface area (Å²) >= 11 is 0. The molecular formula is C9H20F2N2. The lowest BCUT2D eigenvalue weighted by Gasteiger charge is -2.24. The minimum absolute atomic E-state index is 0.132. The summed E-state index contributed by atoms with van der Waals surface area (Å²) in [5.74, 6) is 0. The number of halogens is 2. The average Bonchev–Trinajstić information content (AvgIpc) is 2.03. The van der Waals surface area contributed by atoms with Gasteiger partial charge in [-0.1, -0.05) is 6.92 Å². The summed E-state index contributed by atoms with van der Waals surface area (Å²) < 4.78 is 24.0. The Kier molecular flexibility index (Phi) is 7.09. The van der Waals surface area contributed by atoms with Gasteiger partial charge in [-0.2, -0.15) is 0 Å². The van der Waals surface area contributed by atoms with Crippen LogP contribution < -0.4 is 5.32 Å². The second-order valence-corrected chi connectivity index (χ2v) is 3.32. The lowest BCUT2D eigenvalue weighted by molar-refractivity contribution is 0.0825. The molecule has 1 atom stereocenters. The van der Waals surface area contributed by atoms with Gasteiger partial charge in [-0.3, -0.25) is 4.90 Å². The summed E-state index contributed by atoms with van der Waals surface area (Å²) in [6, 6.07) is 0.216. The molecule has 2 nitrogen and oxygen atoms in total.